The summed E-state index contributed by atoms with van der Waals surface area (Å²) >= 11 is 0. The molecule has 1 amide bonds. The lowest BCUT2D eigenvalue weighted by Crippen LogP contribution is -2.24. The predicted molar refractivity (Wildman–Crippen MR) is 79.0 cm³/mol. The Hall–Kier alpha value is -2.21. The minimum absolute atomic E-state index is 0.0302. The number of benzene rings is 2. The molecule has 2 rings (SSSR count). The van der Waals surface area contributed by atoms with Crippen LogP contribution in [0.2, 0.25) is 0 Å². The maximum atomic E-state index is 13.4. The fourth-order valence-electron chi connectivity index (χ4n) is 1.83. The fourth-order valence-corrected chi connectivity index (χ4v) is 3.10. The van der Waals surface area contributed by atoms with Crippen molar-refractivity contribution in [2.24, 2.45) is 0 Å². The van der Waals surface area contributed by atoms with Crippen LogP contribution in [-0.2, 0) is 20.4 Å². The largest absolute Gasteiger partial charge is 0.323 e. The highest BCUT2D eigenvalue weighted by molar-refractivity contribution is 7.91. The molecule has 2 aromatic rings. The van der Waals surface area contributed by atoms with Crippen molar-refractivity contribution in [2.45, 2.75) is 5.75 Å². The van der Waals surface area contributed by atoms with E-state index in [1.54, 1.807) is 36.4 Å². The van der Waals surface area contributed by atoms with Crippen molar-refractivity contribution in [1.29, 1.82) is 0 Å². The van der Waals surface area contributed by atoms with Gasteiger partial charge in [0.15, 0.2) is 9.84 Å². The Morgan fingerprint density at radius 1 is 1.00 bits per heavy atom. The molecule has 110 valence electrons. The van der Waals surface area contributed by atoms with E-state index in [4.69, 9.17) is 0 Å². The second-order valence-corrected chi connectivity index (χ2v) is 6.61. The third-order valence-electron chi connectivity index (χ3n) is 2.73. The number of nitrogens with one attached hydrogen (secondary N) is 1. The summed E-state index contributed by atoms with van der Waals surface area (Å²) in [5.41, 5.74) is 0.577. The normalized spacial score (nSPS) is 11.1. The molecule has 0 bridgehead atoms. The fraction of sp³-hybridized carbons (Fsp3) is 0.133. The second-order valence-electron chi connectivity index (χ2n) is 4.55. The third-order valence-corrected chi connectivity index (χ3v) is 4.20. The first-order chi connectivity index (χ1) is 9.96. The van der Waals surface area contributed by atoms with Crippen LogP contribution in [0.1, 0.15) is 5.56 Å². The lowest BCUT2D eigenvalue weighted by Gasteiger charge is -2.07. The minimum atomic E-state index is -3.60. The van der Waals surface area contributed by atoms with E-state index in [-0.39, 0.29) is 11.4 Å². The summed E-state index contributed by atoms with van der Waals surface area (Å²) < 4.78 is 37.2. The zero-order valence-electron chi connectivity index (χ0n) is 11.1. The number of hydrogen-bond donors (Lipinski definition) is 1. The number of carbonyl (C=O) groups excluding carboxylic acids is 1. The first kappa shape index (κ1) is 15.2. The number of para-hydroxylation sites is 1. The SMILES string of the molecule is O=C(CS(=O)(=O)Cc1ccccc1)Nc1ccccc1F. The molecule has 0 spiro atoms. The summed E-state index contributed by atoms with van der Waals surface area (Å²) in [7, 11) is -3.60. The Kier molecular flexibility index (Phi) is 4.70. The van der Waals surface area contributed by atoms with Crippen LogP contribution in [0.25, 0.3) is 0 Å². The summed E-state index contributed by atoms with van der Waals surface area (Å²) in [4.78, 5) is 11.7. The molecule has 0 heterocycles. The molecule has 6 heteroatoms. The number of sulfone groups is 1. The average molecular weight is 307 g/mol. The maximum Gasteiger partial charge on any atom is 0.239 e. The van der Waals surface area contributed by atoms with E-state index in [1.165, 1.54) is 18.2 Å². The van der Waals surface area contributed by atoms with E-state index >= 15 is 0 Å². The van der Waals surface area contributed by atoms with Gasteiger partial charge >= 0.3 is 0 Å². The summed E-state index contributed by atoms with van der Waals surface area (Å²) in [5, 5.41) is 2.26. The number of halogens is 1. The number of amides is 1. The monoisotopic (exact) mass is 307 g/mol. The van der Waals surface area contributed by atoms with Gasteiger partial charge in [0.2, 0.25) is 5.91 Å². The van der Waals surface area contributed by atoms with Crippen LogP contribution in [0.15, 0.2) is 54.6 Å². The van der Waals surface area contributed by atoms with Gasteiger partial charge in [-0.2, -0.15) is 0 Å². The van der Waals surface area contributed by atoms with E-state index in [1.807, 2.05) is 0 Å². The molecule has 0 saturated carbocycles. The van der Waals surface area contributed by atoms with Gasteiger partial charge in [-0.05, 0) is 17.7 Å². The lowest BCUT2D eigenvalue weighted by molar-refractivity contribution is -0.113. The van der Waals surface area contributed by atoms with Gasteiger partial charge in [0.1, 0.15) is 11.6 Å². The van der Waals surface area contributed by atoms with Crippen molar-refractivity contribution in [3.05, 3.63) is 66.0 Å². The van der Waals surface area contributed by atoms with Gasteiger partial charge in [0, 0.05) is 0 Å². The smallest absolute Gasteiger partial charge is 0.239 e. The lowest BCUT2D eigenvalue weighted by atomic mass is 10.2. The molecule has 0 radical (unpaired) electrons. The van der Waals surface area contributed by atoms with Gasteiger partial charge in [-0.1, -0.05) is 42.5 Å². The van der Waals surface area contributed by atoms with Crippen molar-refractivity contribution in [2.75, 3.05) is 11.1 Å². The van der Waals surface area contributed by atoms with Crippen LogP contribution >= 0.6 is 0 Å². The molecular formula is C15H14FNO3S. The highest BCUT2D eigenvalue weighted by Crippen LogP contribution is 2.13. The zero-order chi connectivity index (χ0) is 15.3. The van der Waals surface area contributed by atoms with Crippen LogP contribution in [0, 0.1) is 5.82 Å². The number of anilines is 1. The van der Waals surface area contributed by atoms with Crippen molar-refractivity contribution in [3.8, 4) is 0 Å². The molecule has 0 aliphatic rings. The minimum Gasteiger partial charge on any atom is -0.323 e. The van der Waals surface area contributed by atoms with Crippen molar-refractivity contribution in [1.82, 2.24) is 0 Å². The first-order valence-electron chi connectivity index (χ1n) is 6.25. The van der Waals surface area contributed by atoms with Crippen LogP contribution in [0.5, 0.6) is 0 Å². The highest BCUT2D eigenvalue weighted by Gasteiger charge is 2.18. The van der Waals surface area contributed by atoms with Gasteiger partial charge in [-0.3, -0.25) is 4.79 Å². The molecule has 0 atom stereocenters. The van der Waals surface area contributed by atoms with E-state index in [2.05, 4.69) is 5.32 Å². The number of carbonyl (C=O) groups is 1. The maximum absolute atomic E-state index is 13.4. The molecule has 21 heavy (non-hydrogen) atoms. The molecule has 0 aliphatic heterocycles. The Labute approximate surface area is 122 Å². The molecule has 0 aromatic heterocycles. The topological polar surface area (TPSA) is 63.2 Å². The summed E-state index contributed by atoms with van der Waals surface area (Å²) in [6.45, 7) is 0. The number of hydrogen-bond acceptors (Lipinski definition) is 3. The van der Waals surface area contributed by atoms with Crippen molar-refractivity contribution < 1.29 is 17.6 Å². The molecule has 0 fully saturated rings. The first-order valence-corrected chi connectivity index (χ1v) is 8.07. The summed E-state index contributed by atoms with van der Waals surface area (Å²) in [6, 6.07) is 14.2. The van der Waals surface area contributed by atoms with Crippen LogP contribution in [-0.4, -0.2) is 20.1 Å². The van der Waals surface area contributed by atoms with Crippen molar-refractivity contribution in [3.63, 3.8) is 0 Å². The molecule has 2 aromatic carbocycles. The van der Waals surface area contributed by atoms with Gasteiger partial charge in [-0.15, -0.1) is 0 Å². The van der Waals surface area contributed by atoms with Gasteiger partial charge in [0.25, 0.3) is 0 Å². The average Bonchev–Trinajstić information content (AvgIpc) is 2.41. The molecule has 0 aliphatic carbocycles. The Balaban J connectivity index is 2.00. The summed E-state index contributed by atoms with van der Waals surface area (Å²) in [5.74, 6) is -2.27. The quantitative estimate of drug-likeness (QED) is 0.922. The van der Waals surface area contributed by atoms with E-state index in [0.717, 1.165) is 0 Å². The zero-order valence-corrected chi connectivity index (χ0v) is 11.9. The molecule has 1 N–H and O–H groups in total. The standard InChI is InChI=1S/C15H14FNO3S/c16-13-8-4-5-9-14(13)17-15(18)11-21(19,20)10-12-6-2-1-3-7-12/h1-9H,10-11H2,(H,17,18). The third kappa shape index (κ3) is 4.68. The summed E-state index contributed by atoms with van der Waals surface area (Å²) in [6.07, 6.45) is 0. The van der Waals surface area contributed by atoms with Gasteiger partial charge in [0.05, 0.1) is 11.4 Å². The molecule has 4 nitrogen and oxygen atoms in total. The Bertz CT molecular complexity index is 730. The highest BCUT2D eigenvalue weighted by atomic mass is 32.2. The van der Waals surface area contributed by atoms with Crippen LogP contribution in [0.3, 0.4) is 0 Å². The van der Waals surface area contributed by atoms with E-state index in [0.29, 0.717) is 5.56 Å². The Morgan fingerprint density at radius 3 is 2.29 bits per heavy atom. The van der Waals surface area contributed by atoms with Crippen LogP contribution < -0.4 is 5.32 Å². The van der Waals surface area contributed by atoms with E-state index in [9.17, 15) is 17.6 Å². The van der Waals surface area contributed by atoms with Gasteiger partial charge < -0.3 is 5.32 Å². The second kappa shape index (κ2) is 6.49. The van der Waals surface area contributed by atoms with Crippen molar-refractivity contribution >= 4 is 21.4 Å². The van der Waals surface area contributed by atoms with E-state index < -0.39 is 27.3 Å². The molecular weight excluding hydrogens is 293 g/mol. The van der Waals surface area contributed by atoms with Gasteiger partial charge in [-0.25, -0.2) is 12.8 Å². The molecule has 0 unspecified atom stereocenters. The van der Waals surface area contributed by atoms with Crippen LogP contribution in [0.4, 0.5) is 10.1 Å². The predicted octanol–water partition coefficient (Wildman–Crippen LogP) is 2.38. The molecule has 0 saturated heterocycles. The number of rotatable bonds is 5. The Morgan fingerprint density at radius 2 is 1.62 bits per heavy atom.